The number of fused-ring (bicyclic) bond motifs is 1. The van der Waals surface area contributed by atoms with E-state index in [2.05, 4.69) is 26.9 Å². The van der Waals surface area contributed by atoms with Gasteiger partial charge in [0, 0.05) is 11.9 Å². The highest BCUT2D eigenvalue weighted by Gasteiger charge is 2.19. The van der Waals surface area contributed by atoms with Gasteiger partial charge in [-0.25, -0.2) is 4.98 Å². The second kappa shape index (κ2) is 7.13. The Labute approximate surface area is 160 Å². The molecule has 0 aliphatic carbocycles. The summed E-state index contributed by atoms with van der Waals surface area (Å²) in [6.07, 6.45) is 0. The van der Waals surface area contributed by atoms with Crippen molar-refractivity contribution >= 4 is 34.4 Å². The molecule has 0 radical (unpaired) electrons. The van der Waals surface area contributed by atoms with Crippen molar-refractivity contribution in [1.29, 1.82) is 0 Å². The zero-order chi connectivity index (χ0) is 18.1. The van der Waals surface area contributed by atoms with Crippen LogP contribution in [0.2, 0.25) is 5.02 Å². The van der Waals surface area contributed by atoms with Gasteiger partial charge in [0.05, 0.1) is 22.8 Å². The molecule has 0 aliphatic rings. The Hall–Kier alpha value is -2.31. The summed E-state index contributed by atoms with van der Waals surface area (Å²) < 4.78 is 7.77. The SMILES string of the molecule is Cc1nnc([C@@H](C)Sc2nc3cc(Cl)ccc3n2Cc2ccccc2)o1. The van der Waals surface area contributed by atoms with Crippen molar-refractivity contribution in [2.45, 2.75) is 30.8 Å². The molecule has 0 unspecified atom stereocenters. The summed E-state index contributed by atoms with van der Waals surface area (Å²) in [6.45, 7) is 4.56. The highest BCUT2D eigenvalue weighted by atomic mass is 35.5. The predicted octanol–water partition coefficient (Wildman–Crippen LogP) is 5.28. The van der Waals surface area contributed by atoms with E-state index >= 15 is 0 Å². The molecule has 2 aromatic heterocycles. The van der Waals surface area contributed by atoms with Gasteiger partial charge in [0.1, 0.15) is 0 Å². The van der Waals surface area contributed by atoms with Gasteiger partial charge >= 0.3 is 0 Å². The number of thioether (sulfide) groups is 1. The van der Waals surface area contributed by atoms with Crippen LogP contribution in [0.15, 0.2) is 58.1 Å². The average Bonchev–Trinajstić information content (AvgIpc) is 3.20. The predicted molar refractivity (Wildman–Crippen MR) is 104 cm³/mol. The molecular formula is C19H17ClN4OS. The third kappa shape index (κ3) is 3.48. The summed E-state index contributed by atoms with van der Waals surface area (Å²) >= 11 is 7.76. The molecule has 0 spiro atoms. The first-order valence-corrected chi connectivity index (χ1v) is 9.52. The molecule has 26 heavy (non-hydrogen) atoms. The summed E-state index contributed by atoms with van der Waals surface area (Å²) in [5.74, 6) is 1.17. The first kappa shape index (κ1) is 17.1. The molecule has 0 aliphatic heterocycles. The quantitative estimate of drug-likeness (QED) is 0.438. The van der Waals surface area contributed by atoms with E-state index < -0.39 is 0 Å². The lowest BCUT2D eigenvalue weighted by Gasteiger charge is -2.11. The fraction of sp³-hybridized carbons (Fsp3) is 0.211. The number of hydrogen-bond acceptors (Lipinski definition) is 5. The lowest BCUT2D eigenvalue weighted by atomic mass is 10.2. The maximum absolute atomic E-state index is 6.16. The third-order valence-electron chi connectivity index (χ3n) is 4.03. The van der Waals surface area contributed by atoms with E-state index in [1.807, 2.05) is 43.3 Å². The lowest BCUT2D eigenvalue weighted by molar-refractivity contribution is 0.470. The van der Waals surface area contributed by atoms with Gasteiger partial charge in [0.15, 0.2) is 5.16 Å². The molecule has 0 saturated heterocycles. The minimum atomic E-state index is -0.00184. The molecule has 0 saturated carbocycles. The Morgan fingerprint density at radius 1 is 1.15 bits per heavy atom. The van der Waals surface area contributed by atoms with Crippen LogP contribution >= 0.6 is 23.4 Å². The molecule has 7 heteroatoms. The van der Waals surface area contributed by atoms with Crippen LogP contribution < -0.4 is 0 Å². The molecule has 2 heterocycles. The molecular weight excluding hydrogens is 368 g/mol. The van der Waals surface area contributed by atoms with E-state index in [-0.39, 0.29) is 5.25 Å². The second-order valence-corrected chi connectivity index (χ2v) is 7.76. The molecule has 1 atom stereocenters. The van der Waals surface area contributed by atoms with Gasteiger partial charge in [-0.1, -0.05) is 53.7 Å². The smallest absolute Gasteiger partial charge is 0.229 e. The monoisotopic (exact) mass is 384 g/mol. The van der Waals surface area contributed by atoms with Gasteiger partial charge in [-0.15, -0.1) is 10.2 Å². The Morgan fingerprint density at radius 3 is 2.69 bits per heavy atom. The fourth-order valence-corrected chi connectivity index (χ4v) is 3.89. The van der Waals surface area contributed by atoms with Crippen molar-refractivity contribution in [1.82, 2.24) is 19.7 Å². The van der Waals surface area contributed by atoms with Gasteiger partial charge in [0.2, 0.25) is 11.8 Å². The molecule has 0 fully saturated rings. The van der Waals surface area contributed by atoms with Crippen molar-refractivity contribution in [2.24, 2.45) is 0 Å². The Kier molecular flexibility index (Phi) is 4.70. The van der Waals surface area contributed by atoms with Crippen molar-refractivity contribution in [3.8, 4) is 0 Å². The largest absolute Gasteiger partial charge is 0.424 e. The van der Waals surface area contributed by atoms with Gasteiger partial charge < -0.3 is 8.98 Å². The normalized spacial score (nSPS) is 12.6. The highest BCUT2D eigenvalue weighted by Crippen LogP contribution is 2.36. The topological polar surface area (TPSA) is 56.7 Å². The molecule has 4 rings (SSSR count). The second-order valence-electron chi connectivity index (χ2n) is 6.02. The van der Waals surface area contributed by atoms with Crippen LogP contribution in [0.4, 0.5) is 0 Å². The first-order chi connectivity index (χ1) is 12.6. The van der Waals surface area contributed by atoms with Gasteiger partial charge in [-0.05, 0) is 30.7 Å². The van der Waals surface area contributed by atoms with E-state index in [4.69, 9.17) is 21.0 Å². The van der Waals surface area contributed by atoms with Crippen LogP contribution in [-0.2, 0) is 6.54 Å². The van der Waals surface area contributed by atoms with Crippen molar-refractivity contribution in [3.63, 3.8) is 0 Å². The van der Waals surface area contributed by atoms with Crippen LogP contribution in [-0.4, -0.2) is 19.7 Å². The number of rotatable bonds is 5. The summed E-state index contributed by atoms with van der Waals surface area (Å²) in [7, 11) is 0. The molecule has 132 valence electrons. The van der Waals surface area contributed by atoms with Crippen LogP contribution in [0.1, 0.15) is 29.5 Å². The maximum Gasteiger partial charge on any atom is 0.229 e. The lowest BCUT2D eigenvalue weighted by Crippen LogP contribution is -2.02. The van der Waals surface area contributed by atoms with Gasteiger partial charge in [-0.3, -0.25) is 0 Å². The molecule has 0 N–H and O–H groups in total. The number of imidazole rings is 1. The Balaban J connectivity index is 1.73. The van der Waals surface area contributed by atoms with E-state index in [0.29, 0.717) is 16.8 Å². The third-order valence-corrected chi connectivity index (χ3v) is 5.34. The number of nitrogens with zero attached hydrogens (tertiary/aromatic N) is 4. The van der Waals surface area contributed by atoms with Crippen LogP contribution in [0, 0.1) is 6.92 Å². The molecule has 2 aromatic carbocycles. The highest BCUT2D eigenvalue weighted by molar-refractivity contribution is 7.99. The maximum atomic E-state index is 6.16. The zero-order valence-corrected chi connectivity index (χ0v) is 16.0. The first-order valence-electron chi connectivity index (χ1n) is 8.26. The molecule has 5 nitrogen and oxygen atoms in total. The van der Waals surface area contributed by atoms with E-state index in [1.165, 1.54) is 5.56 Å². The summed E-state index contributed by atoms with van der Waals surface area (Å²) in [4.78, 5) is 4.79. The van der Waals surface area contributed by atoms with E-state index in [1.54, 1.807) is 18.7 Å². The standard InChI is InChI=1S/C19H17ClN4OS/c1-12(18-23-22-13(2)25-18)26-19-21-16-10-15(20)8-9-17(16)24(19)11-14-6-4-3-5-7-14/h3-10,12H,11H2,1-2H3/t12-/m1/s1. The number of benzene rings is 2. The summed E-state index contributed by atoms with van der Waals surface area (Å²) in [5, 5.41) is 9.62. The van der Waals surface area contributed by atoms with Crippen molar-refractivity contribution in [2.75, 3.05) is 0 Å². The van der Waals surface area contributed by atoms with Crippen LogP contribution in [0.25, 0.3) is 11.0 Å². The fourth-order valence-electron chi connectivity index (χ4n) is 2.77. The minimum absolute atomic E-state index is 0.00184. The van der Waals surface area contributed by atoms with Gasteiger partial charge in [-0.2, -0.15) is 0 Å². The number of hydrogen-bond donors (Lipinski definition) is 0. The number of aryl methyl sites for hydroxylation is 1. The van der Waals surface area contributed by atoms with Crippen molar-refractivity contribution in [3.05, 3.63) is 70.9 Å². The summed E-state index contributed by atoms with van der Waals surface area (Å²) in [5.41, 5.74) is 3.14. The molecule has 0 bridgehead atoms. The van der Waals surface area contributed by atoms with E-state index in [9.17, 15) is 0 Å². The minimum Gasteiger partial charge on any atom is -0.424 e. The summed E-state index contributed by atoms with van der Waals surface area (Å²) in [6, 6.07) is 16.1. The number of aromatic nitrogens is 4. The van der Waals surface area contributed by atoms with Crippen molar-refractivity contribution < 1.29 is 4.42 Å². The van der Waals surface area contributed by atoms with E-state index in [0.717, 1.165) is 22.7 Å². The van der Waals surface area contributed by atoms with Crippen LogP contribution in [0.5, 0.6) is 0 Å². The molecule has 0 amide bonds. The van der Waals surface area contributed by atoms with Crippen LogP contribution in [0.3, 0.4) is 0 Å². The molecule has 4 aromatic rings. The average molecular weight is 385 g/mol. The Morgan fingerprint density at radius 2 is 1.96 bits per heavy atom. The Bertz CT molecular complexity index is 1040. The number of halogens is 1. The van der Waals surface area contributed by atoms with Gasteiger partial charge in [0.25, 0.3) is 0 Å². The zero-order valence-electron chi connectivity index (χ0n) is 14.4.